The topological polar surface area (TPSA) is 120 Å². The van der Waals surface area contributed by atoms with Crippen LogP contribution in [-0.2, 0) is 0 Å². The third-order valence-corrected chi connectivity index (χ3v) is 4.18. The predicted octanol–water partition coefficient (Wildman–Crippen LogP) is 1.99. The van der Waals surface area contributed by atoms with E-state index in [9.17, 15) is 14.4 Å². The van der Waals surface area contributed by atoms with Gasteiger partial charge in [0.05, 0.1) is 11.3 Å². The first-order valence-corrected chi connectivity index (χ1v) is 8.45. The van der Waals surface area contributed by atoms with Crippen molar-refractivity contribution in [1.29, 1.82) is 0 Å². The molecule has 8 heteroatoms. The summed E-state index contributed by atoms with van der Waals surface area (Å²) in [6, 6.07) is 19.1. The lowest BCUT2D eigenvalue weighted by atomic mass is 10.1. The zero-order valence-corrected chi connectivity index (χ0v) is 14.5. The van der Waals surface area contributed by atoms with E-state index in [-0.39, 0.29) is 11.3 Å². The van der Waals surface area contributed by atoms with Crippen LogP contribution in [0.4, 0.5) is 0 Å². The van der Waals surface area contributed by atoms with Crippen LogP contribution in [0.3, 0.4) is 0 Å². The second-order valence-electron chi connectivity index (χ2n) is 6.03. The largest absolute Gasteiger partial charge is 0.322 e. The number of benzene rings is 2. The maximum Gasteiger partial charge on any atom is 0.287 e. The molecule has 8 nitrogen and oxygen atoms in total. The highest BCUT2D eigenvalue weighted by Crippen LogP contribution is 2.17. The van der Waals surface area contributed by atoms with Gasteiger partial charge in [-0.05, 0) is 12.1 Å². The van der Waals surface area contributed by atoms with E-state index in [0.29, 0.717) is 16.6 Å². The number of aromatic amines is 2. The van der Waals surface area contributed by atoms with Crippen molar-refractivity contribution < 1.29 is 9.59 Å². The predicted molar refractivity (Wildman–Crippen MR) is 104 cm³/mol. The van der Waals surface area contributed by atoms with Gasteiger partial charge >= 0.3 is 0 Å². The molecule has 2 heterocycles. The second-order valence-corrected chi connectivity index (χ2v) is 6.03. The average Bonchev–Trinajstić information content (AvgIpc) is 3.22. The third kappa shape index (κ3) is 3.38. The molecule has 0 atom stereocenters. The number of carbonyl (C=O) groups is 2. The molecule has 0 aliphatic heterocycles. The molecule has 0 saturated heterocycles. The Hall–Kier alpha value is -4.20. The Morgan fingerprint density at radius 3 is 2.39 bits per heavy atom. The molecular formula is C20H15N5O3. The number of nitrogens with zero attached hydrogens (tertiary/aromatic N) is 1. The number of nitrogens with one attached hydrogen (secondary N) is 4. The molecule has 0 radical (unpaired) electrons. The van der Waals surface area contributed by atoms with Crippen LogP contribution in [-0.4, -0.2) is 27.0 Å². The number of fused-ring (bicyclic) bond motifs is 1. The minimum atomic E-state index is -0.599. The highest BCUT2D eigenvalue weighted by molar-refractivity contribution is 6.07. The number of aromatic nitrogens is 3. The Morgan fingerprint density at radius 2 is 1.57 bits per heavy atom. The summed E-state index contributed by atoms with van der Waals surface area (Å²) >= 11 is 0. The van der Waals surface area contributed by atoms with Crippen molar-refractivity contribution in [1.82, 2.24) is 26.0 Å². The number of carbonyl (C=O) groups excluding carboxylic acids is 2. The molecule has 0 aliphatic rings. The molecule has 2 aromatic heterocycles. The highest BCUT2D eigenvalue weighted by Gasteiger charge is 2.15. The lowest BCUT2D eigenvalue weighted by Crippen LogP contribution is -2.42. The minimum Gasteiger partial charge on any atom is -0.322 e. The molecule has 0 unspecified atom stereocenters. The summed E-state index contributed by atoms with van der Waals surface area (Å²) in [5.41, 5.74) is 6.60. The molecule has 0 bridgehead atoms. The zero-order chi connectivity index (χ0) is 19.5. The van der Waals surface area contributed by atoms with Gasteiger partial charge in [0.2, 0.25) is 5.56 Å². The van der Waals surface area contributed by atoms with Crippen LogP contribution in [0.25, 0.3) is 22.2 Å². The first-order chi connectivity index (χ1) is 13.6. The fourth-order valence-electron chi connectivity index (χ4n) is 2.84. The Morgan fingerprint density at radius 1 is 0.857 bits per heavy atom. The van der Waals surface area contributed by atoms with Gasteiger partial charge in [-0.1, -0.05) is 48.5 Å². The van der Waals surface area contributed by atoms with Gasteiger partial charge in [-0.2, -0.15) is 5.10 Å². The quantitative estimate of drug-likeness (QED) is 0.411. The molecular weight excluding hydrogens is 358 g/mol. The molecule has 4 N–H and O–H groups in total. The van der Waals surface area contributed by atoms with Crippen LogP contribution in [0.15, 0.2) is 71.5 Å². The van der Waals surface area contributed by atoms with Crippen LogP contribution < -0.4 is 16.4 Å². The standard InChI is InChI=1S/C20H15N5O3/c26-18-10-14(13-8-4-5-9-15(13)21-18)19(27)24-25-20(28)17-11-16(22-23-17)12-6-2-1-3-7-12/h1-11H,(H,21,26)(H,22,23)(H,24,27)(H,25,28). The number of hydrogen-bond acceptors (Lipinski definition) is 4. The molecule has 4 rings (SSSR count). The molecule has 138 valence electrons. The van der Waals surface area contributed by atoms with Crippen molar-refractivity contribution in [2.75, 3.05) is 0 Å². The smallest absolute Gasteiger partial charge is 0.287 e. The van der Waals surface area contributed by atoms with Crippen molar-refractivity contribution in [3.8, 4) is 11.3 Å². The van der Waals surface area contributed by atoms with E-state index >= 15 is 0 Å². The Balaban J connectivity index is 1.49. The van der Waals surface area contributed by atoms with E-state index in [1.54, 1.807) is 30.3 Å². The fourth-order valence-corrected chi connectivity index (χ4v) is 2.84. The van der Waals surface area contributed by atoms with E-state index in [2.05, 4.69) is 26.0 Å². The number of rotatable bonds is 3. The molecule has 4 aromatic rings. The number of hydrogen-bond donors (Lipinski definition) is 4. The van der Waals surface area contributed by atoms with Crippen molar-refractivity contribution in [3.05, 3.63) is 88.3 Å². The SMILES string of the molecule is O=C(NNC(=O)c1cc(=O)[nH]c2ccccc12)c1cc(-c2ccccc2)n[nH]1. The molecule has 28 heavy (non-hydrogen) atoms. The highest BCUT2D eigenvalue weighted by atomic mass is 16.2. The molecule has 2 aromatic carbocycles. The normalized spacial score (nSPS) is 10.6. The number of hydrazine groups is 1. The Labute approximate surface area is 158 Å². The van der Waals surface area contributed by atoms with Gasteiger partial charge in [-0.25, -0.2) is 0 Å². The Kier molecular flexibility index (Phi) is 4.43. The van der Waals surface area contributed by atoms with Crippen LogP contribution in [0.2, 0.25) is 0 Å². The first kappa shape index (κ1) is 17.2. The summed E-state index contributed by atoms with van der Waals surface area (Å²) in [6.45, 7) is 0. The zero-order valence-electron chi connectivity index (χ0n) is 14.5. The van der Waals surface area contributed by atoms with Crippen molar-refractivity contribution >= 4 is 22.7 Å². The van der Waals surface area contributed by atoms with Gasteiger partial charge in [-0.15, -0.1) is 0 Å². The van der Waals surface area contributed by atoms with Crippen molar-refractivity contribution in [3.63, 3.8) is 0 Å². The van der Waals surface area contributed by atoms with E-state index in [0.717, 1.165) is 5.56 Å². The maximum atomic E-state index is 12.5. The van der Waals surface area contributed by atoms with Crippen LogP contribution >= 0.6 is 0 Å². The lowest BCUT2D eigenvalue weighted by molar-refractivity contribution is 0.0844. The van der Waals surface area contributed by atoms with E-state index in [4.69, 9.17) is 0 Å². The molecule has 0 spiro atoms. The summed E-state index contributed by atoms with van der Waals surface area (Å²) in [5.74, 6) is -1.16. The van der Waals surface area contributed by atoms with E-state index in [1.165, 1.54) is 6.07 Å². The third-order valence-electron chi connectivity index (χ3n) is 4.18. The Bertz CT molecular complexity index is 1230. The summed E-state index contributed by atoms with van der Waals surface area (Å²) in [7, 11) is 0. The van der Waals surface area contributed by atoms with Gasteiger partial charge in [0.15, 0.2) is 0 Å². The number of pyridine rings is 1. The fraction of sp³-hybridized carbons (Fsp3) is 0. The second kappa shape index (κ2) is 7.20. The van der Waals surface area contributed by atoms with Crippen LogP contribution in [0.5, 0.6) is 0 Å². The van der Waals surface area contributed by atoms with E-state index in [1.807, 2.05) is 30.3 Å². The summed E-state index contributed by atoms with van der Waals surface area (Å²) in [5, 5.41) is 7.31. The number of H-pyrrole nitrogens is 2. The number of amides is 2. The maximum absolute atomic E-state index is 12.5. The van der Waals surface area contributed by atoms with Crippen molar-refractivity contribution in [2.24, 2.45) is 0 Å². The molecule has 0 fully saturated rings. The summed E-state index contributed by atoms with van der Waals surface area (Å²) < 4.78 is 0. The molecule has 0 aliphatic carbocycles. The number of para-hydroxylation sites is 1. The van der Waals surface area contributed by atoms with Gasteiger partial charge in [0.25, 0.3) is 11.8 Å². The molecule has 2 amide bonds. The van der Waals surface area contributed by atoms with Gasteiger partial charge in [-0.3, -0.25) is 30.3 Å². The lowest BCUT2D eigenvalue weighted by Gasteiger charge is -2.08. The first-order valence-electron chi connectivity index (χ1n) is 8.45. The van der Waals surface area contributed by atoms with E-state index < -0.39 is 17.4 Å². The van der Waals surface area contributed by atoms with Crippen molar-refractivity contribution in [2.45, 2.75) is 0 Å². The molecule has 0 saturated carbocycles. The van der Waals surface area contributed by atoms with Gasteiger partial charge < -0.3 is 4.98 Å². The van der Waals surface area contributed by atoms with Crippen LogP contribution in [0.1, 0.15) is 20.8 Å². The minimum absolute atomic E-state index is 0.161. The van der Waals surface area contributed by atoms with Gasteiger partial charge in [0, 0.05) is 22.5 Å². The summed E-state index contributed by atoms with van der Waals surface area (Å²) in [6.07, 6.45) is 0. The monoisotopic (exact) mass is 373 g/mol. The van der Waals surface area contributed by atoms with Crippen LogP contribution in [0, 0.1) is 0 Å². The summed E-state index contributed by atoms with van der Waals surface area (Å²) in [4.78, 5) is 39.2. The average molecular weight is 373 g/mol. The van der Waals surface area contributed by atoms with Gasteiger partial charge in [0.1, 0.15) is 5.69 Å².